The van der Waals surface area contributed by atoms with Crippen molar-refractivity contribution in [2.45, 2.75) is 0 Å². The molecule has 0 spiro atoms. The fraction of sp³-hybridized carbons (Fsp3) is 0.800. The maximum absolute atomic E-state index is 5.21. The van der Waals surface area contributed by atoms with E-state index in [0.29, 0.717) is 39.6 Å². The number of ether oxygens (including phenoxy) is 4. The Kier molecular flexibility index (Phi) is 12.2. The van der Waals surface area contributed by atoms with Gasteiger partial charge in [0, 0.05) is 14.2 Å². The highest BCUT2D eigenvalue weighted by molar-refractivity contribution is 4.80. The Morgan fingerprint density at radius 3 is 1.50 bits per heavy atom. The molecule has 0 bridgehead atoms. The molecular formula is C10H20O4. The summed E-state index contributed by atoms with van der Waals surface area (Å²) >= 11 is 0. The Morgan fingerprint density at radius 1 is 0.714 bits per heavy atom. The highest BCUT2D eigenvalue weighted by Gasteiger charge is 1.84. The van der Waals surface area contributed by atoms with Gasteiger partial charge in [0.05, 0.1) is 39.6 Å². The molecule has 0 aromatic heterocycles. The van der Waals surface area contributed by atoms with Crippen LogP contribution in [-0.2, 0) is 18.9 Å². The normalized spacial score (nSPS) is 11.3. The molecule has 0 saturated carbocycles. The first-order valence-electron chi connectivity index (χ1n) is 4.70. The first-order chi connectivity index (χ1) is 6.91. The average Bonchev–Trinajstić information content (AvgIpc) is 2.21. The second-order valence-electron chi connectivity index (χ2n) is 2.61. The first-order valence-corrected chi connectivity index (χ1v) is 4.70. The summed E-state index contributed by atoms with van der Waals surface area (Å²) in [6, 6.07) is 0. The molecule has 0 amide bonds. The molecule has 4 nitrogen and oxygen atoms in total. The van der Waals surface area contributed by atoms with E-state index in [1.54, 1.807) is 14.2 Å². The number of hydrogen-bond donors (Lipinski definition) is 0. The minimum Gasteiger partial charge on any atom is -0.382 e. The molecule has 0 rings (SSSR count). The summed E-state index contributed by atoms with van der Waals surface area (Å²) in [7, 11) is 3.31. The van der Waals surface area contributed by atoms with E-state index in [9.17, 15) is 0 Å². The molecule has 0 fully saturated rings. The van der Waals surface area contributed by atoms with Crippen LogP contribution in [0, 0.1) is 0 Å². The summed E-state index contributed by atoms with van der Waals surface area (Å²) < 4.78 is 20.1. The maximum Gasteiger partial charge on any atom is 0.0704 e. The largest absolute Gasteiger partial charge is 0.382 e. The molecule has 0 aromatic carbocycles. The van der Waals surface area contributed by atoms with E-state index in [0.717, 1.165) is 0 Å². The fourth-order valence-corrected chi connectivity index (χ4v) is 0.723. The van der Waals surface area contributed by atoms with Gasteiger partial charge in [-0.05, 0) is 0 Å². The lowest BCUT2D eigenvalue weighted by Gasteiger charge is -2.00. The average molecular weight is 204 g/mol. The number of rotatable bonds is 10. The van der Waals surface area contributed by atoms with Gasteiger partial charge < -0.3 is 18.9 Å². The molecule has 0 N–H and O–H groups in total. The predicted molar refractivity (Wildman–Crippen MR) is 54.5 cm³/mol. The van der Waals surface area contributed by atoms with Crippen molar-refractivity contribution in [1.29, 1.82) is 0 Å². The predicted octanol–water partition coefficient (Wildman–Crippen LogP) is 0.869. The lowest BCUT2D eigenvalue weighted by atomic mass is 10.5. The van der Waals surface area contributed by atoms with Crippen molar-refractivity contribution in [2.75, 3.05) is 53.9 Å². The third-order valence-corrected chi connectivity index (χ3v) is 1.46. The van der Waals surface area contributed by atoms with Crippen LogP contribution in [0.5, 0.6) is 0 Å². The van der Waals surface area contributed by atoms with Gasteiger partial charge in [-0.2, -0.15) is 0 Å². The van der Waals surface area contributed by atoms with Crippen molar-refractivity contribution < 1.29 is 18.9 Å². The van der Waals surface area contributed by atoms with Crippen LogP contribution in [0.15, 0.2) is 12.2 Å². The van der Waals surface area contributed by atoms with E-state index in [-0.39, 0.29) is 0 Å². The van der Waals surface area contributed by atoms with E-state index in [1.165, 1.54) is 0 Å². The first kappa shape index (κ1) is 13.6. The third-order valence-electron chi connectivity index (χ3n) is 1.46. The minimum absolute atomic E-state index is 0.608. The third kappa shape index (κ3) is 11.6. The Hall–Kier alpha value is -0.420. The van der Waals surface area contributed by atoms with Crippen molar-refractivity contribution in [1.82, 2.24) is 0 Å². The molecule has 0 unspecified atom stereocenters. The van der Waals surface area contributed by atoms with Crippen LogP contribution in [0.25, 0.3) is 0 Å². The molecule has 0 heterocycles. The summed E-state index contributed by atoms with van der Waals surface area (Å²) in [6.45, 7) is 3.75. The van der Waals surface area contributed by atoms with Crippen LogP contribution in [0.4, 0.5) is 0 Å². The molecule has 0 aromatic rings. The SMILES string of the molecule is COCCOCC=CCOCCOC. The van der Waals surface area contributed by atoms with E-state index >= 15 is 0 Å². The quantitative estimate of drug-likeness (QED) is 0.391. The molecule has 0 radical (unpaired) electrons. The van der Waals surface area contributed by atoms with Crippen molar-refractivity contribution >= 4 is 0 Å². The number of hydrogen-bond acceptors (Lipinski definition) is 4. The van der Waals surface area contributed by atoms with Gasteiger partial charge in [-0.1, -0.05) is 12.2 Å². The van der Waals surface area contributed by atoms with Crippen molar-refractivity contribution in [3.8, 4) is 0 Å². The van der Waals surface area contributed by atoms with Crippen LogP contribution in [0.2, 0.25) is 0 Å². The fourth-order valence-electron chi connectivity index (χ4n) is 0.723. The molecule has 0 atom stereocenters. The molecule has 4 heteroatoms. The molecular weight excluding hydrogens is 184 g/mol. The van der Waals surface area contributed by atoms with Crippen LogP contribution >= 0.6 is 0 Å². The van der Waals surface area contributed by atoms with E-state index in [4.69, 9.17) is 18.9 Å². The number of methoxy groups -OCH3 is 2. The Bertz CT molecular complexity index is 111. The molecule has 14 heavy (non-hydrogen) atoms. The van der Waals surface area contributed by atoms with Gasteiger partial charge in [0.25, 0.3) is 0 Å². The van der Waals surface area contributed by atoms with Crippen LogP contribution in [0.3, 0.4) is 0 Å². The lowest BCUT2D eigenvalue weighted by Crippen LogP contribution is -2.02. The van der Waals surface area contributed by atoms with Crippen molar-refractivity contribution in [2.24, 2.45) is 0 Å². The van der Waals surface area contributed by atoms with Gasteiger partial charge in [0.2, 0.25) is 0 Å². The van der Waals surface area contributed by atoms with E-state index < -0.39 is 0 Å². The maximum atomic E-state index is 5.21. The zero-order valence-electron chi connectivity index (χ0n) is 9.03. The zero-order valence-corrected chi connectivity index (χ0v) is 9.03. The van der Waals surface area contributed by atoms with Gasteiger partial charge in [0.1, 0.15) is 0 Å². The van der Waals surface area contributed by atoms with E-state index in [2.05, 4.69) is 0 Å². The molecule has 0 aliphatic carbocycles. The Balaban J connectivity index is 2.96. The summed E-state index contributed by atoms with van der Waals surface area (Å²) in [5.74, 6) is 0. The summed E-state index contributed by atoms with van der Waals surface area (Å²) in [5.41, 5.74) is 0. The van der Waals surface area contributed by atoms with Crippen molar-refractivity contribution in [3.05, 3.63) is 12.2 Å². The molecule has 0 aliphatic rings. The second-order valence-corrected chi connectivity index (χ2v) is 2.61. The molecule has 84 valence electrons. The molecule has 0 saturated heterocycles. The van der Waals surface area contributed by atoms with Gasteiger partial charge in [-0.15, -0.1) is 0 Å². The smallest absolute Gasteiger partial charge is 0.0704 e. The summed E-state index contributed by atoms with van der Waals surface area (Å²) in [6.07, 6.45) is 3.87. The summed E-state index contributed by atoms with van der Waals surface area (Å²) in [5, 5.41) is 0. The Labute approximate surface area is 85.8 Å². The highest BCUT2D eigenvalue weighted by atomic mass is 16.5. The van der Waals surface area contributed by atoms with Crippen LogP contribution < -0.4 is 0 Å². The Morgan fingerprint density at radius 2 is 1.14 bits per heavy atom. The zero-order chi connectivity index (χ0) is 10.5. The summed E-state index contributed by atoms with van der Waals surface area (Å²) in [4.78, 5) is 0. The van der Waals surface area contributed by atoms with E-state index in [1.807, 2.05) is 12.2 Å². The van der Waals surface area contributed by atoms with Gasteiger partial charge in [0.15, 0.2) is 0 Å². The molecule has 0 aliphatic heterocycles. The van der Waals surface area contributed by atoms with Gasteiger partial charge in [-0.3, -0.25) is 0 Å². The standard InChI is InChI=1S/C10H20O4/c1-11-7-9-13-5-3-4-6-14-10-8-12-2/h3-4H,5-10H2,1-2H3. The lowest BCUT2D eigenvalue weighted by molar-refractivity contribution is 0.0811. The van der Waals surface area contributed by atoms with Crippen LogP contribution in [0.1, 0.15) is 0 Å². The minimum atomic E-state index is 0.608. The second kappa shape index (κ2) is 12.6. The van der Waals surface area contributed by atoms with Gasteiger partial charge in [-0.25, -0.2) is 0 Å². The van der Waals surface area contributed by atoms with Gasteiger partial charge >= 0.3 is 0 Å². The highest BCUT2D eigenvalue weighted by Crippen LogP contribution is 1.81. The van der Waals surface area contributed by atoms with Crippen molar-refractivity contribution in [3.63, 3.8) is 0 Å². The monoisotopic (exact) mass is 204 g/mol. The van der Waals surface area contributed by atoms with Crippen LogP contribution in [-0.4, -0.2) is 53.9 Å². The topological polar surface area (TPSA) is 36.9 Å².